The fourth-order valence-corrected chi connectivity index (χ4v) is 2.37. The van der Waals surface area contributed by atoms with Gasteiger partial charge >= 0.3 is 0 Å². The first kappa shape index (κ1) is 13.6. The van der Waals surface area contributed by atoms with Crippen molar-refractivity contribution in [3.05, 3.63) is 35.4 Å². The van der Waals surface area contributed by atoms with E-state index in [1.54, 1.807) is 0 Å². The molecular formula is C13H17BrF2. The second kappa shape index (κ2) is 6.33. The van der Waals surface area contributed by atoms with E-state index in [2.05, 4.69) is 29.8 Å². The third-order valence-corrected chi connectivity index (χ3v) is 3.45. The van der Waals surface area contributed by atoms with Crippen LogP contribution in [0.3, 0.4) is 0 Å². The van der Waals surface area contributed by atoms with E-state index in [9.17, 15) is 8.78 Å². The van der Waals surface area contributed by atoms with Gasteiger partial charge in [0.05, 0.1) is 0 Å². The van der Waals surface area contributed by atoms with E-state index in [1.807, 2.05) is 0 Å². The van der Waals surface area contributed by atoms with Crippen molar-refractivity contribution in [2.75, 3.05) is 5.33 Å². The zero-order valence-electron chi connectivity index (χ0n) is 9.64. The average molecular weight is 291 g/mol. The normalized spacial score (nSPS) is 13.1. The van der Waals surface area contributed by atoms with Crippen molar-refractivity contribution in [2.24, 2.45) is 11.8 Å². The molecule has 0 saturated heterocycles. The van der Waals surface area contributed by atoms with Crippen molar-refractivity contribution in [1.29, 1.82) is 0 Å². The fourth-order valence-electron chi connectivity index (χ4n) is 1.88. The van der Waals surface area contributed by atoms with Crippen LogP contribution in [0.5, 0.6) is 0 Å². The van der Waals surface area contributed by atoms with Crippen molar-refractivity contribution in [3.63, 3.8) is 0 Å². The van der Waals surface area contributed by atoms with Gasteiger partial charge in [-0.3, -0.25) is 0 Å². The first-order valence-electron chi connectivity index (χ1n) is 5.52. The van der Waals surface area contributed by atoms with Gasteiger partial charge in [0.1, 0.15) is 11.6 Å². The van der Waals surface area contributed by atoms with Gasteiger partial charge in [-0.2, -0.15) is 0 Å². The van der Waals surface area contributed by atoms with Crippen LogP contribution in [0.4, 0.5) is 8.78 Å². The highest BCUT2D eigenvalue weighted by Gasteiger charge is 2.13. The van der Waals surface area contributed by atoms with Crippen LogP contribution in [0.1, 0.15) is 25.8 Å². The molecule has 1 atom stereocenters. The predicted octanol–water partition coefficient (Wildman–Crippen LogP) is 4.56. The van der Waals surface area contributed by atoms with E-state index >= 15 is 0 Å². The molecule has 0 aliphatic heterocycles. The summed E-state index contributed by atoms with van der Waals surface area (Å²) in [7, 11) is 0. The van der Waals surface area contributed by atoms with Gasteiger partial charge in [-0.1, -0.05) is 29.8 Å². The third kappa shape index (κ3) is 4.20. The Morgan fingerprint density at radius 3 is 2.50 bits per heavy atom. The monoisotopic (exact) mass is 290 g/mol. The summed E-state index contributed by atoms with van der Waals surface area (Å²) in [5.74, 6) is 0.251. The van der Waals surface area contributed by atoms with E-state index in [1.165, 1.54) is 12.1 Å². The molecular weight excluding hydrogens is 274 g/mol. The van der Waals surface area contributed by atoms with E-state index in [0.29, 0.717) is 23.8 Å². The van der Waals surface area contributed by atoms with E-state index in [0.717, 1.165) is 17.8 Å². The Bertz CT molecular complexity index is 337. The maximum Gasteiger partial charge on any atom is 0.126 e. The van der Waals surface area contributed by atoms with E-state index in [-0.39, 0.29) is 11.6 Å². The largest absolute Gasteiger partial charge is 0.207 e. The van der Waals surface area contributed by atoms with Crippen LogP contribution in [0.2, 0.25) is 0 Å². The van der Waals surface area contributed by atoms with Crippen molar-refractivity contribution in [2.45, 2.75) is 26.7 Å². The number of halogens is 3. The van der Waals surface area contributed by atoms with Crippen LogP contribution in [0.15, 0.2) is 18.2 Å². The summed E-state index contributed by atoms with van der Waals surface area (Å²) in [6, 6.07) is 3.65. The molecule has 1 aromatic carbocycles. The van der Waals surface area contributed by atoms with Crippen LogP contribution in [-0.2, 0) is 6.42 Å². The summed E-state index contributed by atoms with van der Waals surface area (Å²) < 4.78 is 26.4. The lowest BCUT2D eigenvalue weighted by atomic mass is 9.92. The Morgan fingerprint density at radius 1 is 1.25 bits per heavy atom. The van der Waals surface area contributed by atoms with Gasteiger partial charge in [-0.25, -0.2) is 8.78 Å². The van der Waals surface area contributed by atoms with Crippen molar-refractivity contribution >= 4 is 15.9 Å². The Labute approximate surface area is 104 Å². The van der Waals surface area contributed by atoms with Gasteiger partial charge in [-0.15, -0.1) is 0 Å². The van der Waals surface area contributed by atoms with Crippen molar-refractivity contribution in [1.82, 2.24) is 0 Å². The Hall–Kier alpha value is -0.440. The van der Waals surface area contributed by atoms with E-state index in [4.69, 9.17) is 0 Å². The standard InChI is InChI=1S/C13H17BrF2/c1-9(2)5-10(8-14)6-11-7-12(15)3-4-13(11)16/h3-4,7,9-10H,5-6,8H2,1-2H3. The van der Waals surface area contributed by atoms with Gasteiger partial charge in [0.15, 0.2) is 0 Å². The highest BCUT2D eigenvalue weighted by atomic mass is 79.9. The molecule has 0 saturated carbocycles. The second-order valence-corrected chi connectivity index (χ2v) is 5.24. The maximum atomic E-state index is 13.4. The molecule has 1 rings (SSSR count). The highest BCUT2D eigenvalue weighted by Crippen LogP contribution is 2.21. The number of hydrogen-bond acceptors (Lipinski definition) is 0. The molecule has 90 valence electrons. The molecule has 0 aromatic heterocycles. The molecule has 0 nitrogen and oxygen atoms in total. The molecule has 0 amide bonds. The Balaban J connectivity index is 2.73. The molecule has 0 aliphatic carbocycles. The zero-order chi connectivity index (χ0) is 12.1. The molecule has 1 aromatic rings. The van der Waals surface area contributed by atoms with Gasteiger partial charge in [-0.05, 0) is 48.4 Å². The molecule has 0 fully saturated rings. The Kier molecular flexibility index (Phi) is 5.39. The smallest absolute Gasteiger partial charge is 0.126 e. The molecule has 3 heteroatoms. The van der Waals surface area contributed by atoms with Gasteiger partial charge in [0.2, 0.25) is 0 Å². The first-order chi connectivity index (χ1) is 7.52. The molecule has 0 bridgehead atoms. The molecule has 0 heterocycles. The van der Waals surface area contributed by atoms with Gasteiger partial charge in [0.25, 0.3) is 0 Å². The quantitative estimate of drug-likeness (QED) is 0.697. The van der Waals surface area contributed by atoms with Crippen molar-refractivity contribution in [3.8, 4) is 0 Å². The molecule has 1 unspecified atom stereocenters. The predicted molar refractivity (Wildman–Crippen MR) is 66.8 cm³/mol. The number of rotatable bonds is 5. The third-order valence-electron chi connectivity index (χ3n) is 2.54. The summed E-state index contributed by atoms with van der Waals surface area (Å²) in [4.78, 5) is 0. The summed E-state index contributed by atoms with van der Waals surface area (Å²) in [5, 5.41) is 0.821. The van der Waals surface area contributed by atoms with Crippen LogP contribution >= 0.6 is 15.9 Å². The second-order valence-electron chi connectivity index (χ2n) is 4.59. The average Bonchev–Trinajstić information content (AvgIpc) is 2.21. The van der Waals surface area contributed by atoms with Gasteiger partial charge < -0.3 is 0 Å². The number of hydrogen-bond donors (Lipinski definition) is 0. The lowest BCUT2D eigenvalue weighted by molar-refractivity contribution is 0.437. The number of benzene rings is 1. The minimum atomic E-state index is -0.366. The van der Waals surface area contributed by atoms with Crippen LogP contribution in [0.25, 0.3) is 0 Å². The number of alkyl halides is 1. The van der Waals surface area contributed by atoms with Crippen LogP contribution in [0, 0.1) is 23.5 Å². The lowest BCUT2D eigenvalue weighted by Gasteiger charge is -2.16. The Morgan fingerprint density at radius 2 is 1.94 bits per heavy atom. The summed E-state index contributed by atoms with van der Waals surface area (Å²) in [5.41, 5.74) is 0.477. The molecule has 16 heavy (non-hydrogen) atoms. The highest BCUT2D eigenvalue weighted by molar-refractivity contribution is 9.09. The zero-order valence-corrected chi connectivity index (χ0v) is 11.2. The topological polar surface area (TPSA) is 0 Å². The van der Waals surface area contributed by atoms with E-state index < -0.39 is 0 Å². The van der Waals surface area contributed by atoms with Crippen molar-refractivity contribution < 1.29 is 8.78 Å². The van der Waals surface area contributed by atoms with Crippen LogP contribution in [-0.4, -0.2) is 5.33 Å². The molecule has 0 spiro atoms. The minimum absolute atomic E-state index is 0.309. The first-order valence-corrected chi connectivity index (χ1v) is 6.65. The molecule has 0 aliphatic rings. The minimum Gasteiger partial charge on any atom is -0.207 e. The maximum absolute atomic E-state index is 13.4. The molecule has 0 radical (unpaired) electrons. The molecule has 0 N–H and O–H groups in total. The fraction of sp³-hybridized carbons (Fsp3) is 0.538. The summed E-state index contributed by atoms with van der Waals surface area (Å²) >= 11 is 3.43. The summed E-state index contributed by atoms with van der Waals surface area (Å²) in [6.45, 7) is 4.27. The van der Waals surface area contributed by atoms with Gasteiger partial charge in [0, 0.05) is 5.33 Å². The lowest BCUT2D eigenvalue weighted by Crippen LogP contribution is -2.10. The SMILES string of the molecule is CC(C)CC(CBr)Cc1cc(F)ccc1F. The summed E-state index contributed by atoms with van der Waals surface area (Å²) in [6.07, 6.45) is 1.61. The van der Waals surface area contributed by atoms with Crippen LogP contribution < -0.4 is 0 Å².